The number of unbranched alkanes of at least 4 members (excludes halogenated alkanes) is 1. The molecule has 0 aromatic heterocycles. The van der Waals surface area contributed by atoms with E-state index in [1.807, 2.05) is 0 Å². The quantitative estimate of drug-likeness (QED) is 0.411. The van der Waals surface area contributed by atoms with Crippen LogP contribution < -0.4 is 10.1 Å². The molecule has 7 nitrogen and oxygen atoms in total. The molecule has 0 saturated carbocycles. The third kappa shape index (κ3) is 12.3. The highest BCUT2D eigenvalue weighted by Crippen LogP contribution is 2.32. The van der Waals surface area contributed by atoms with Gasteiger partial charge in [0.1, 0.15) is 5.75 Å². The van der Waals surface area contributed by atoms with Gasteiger partial charge in [0.25, 0.3) is 0 Å². The first kappa shape index (κ1) is 25.9. The van der Waals surface area contributed by atoms with E-state index < -0.39 is 11.9 Å². The highest BCUT2D eigenvalue weighted by atomic mass is 16.5. The van der Waals surface area contributed by atoms with Crippen LogP contribution in [0.1, 0.15) is 51.2 Å². The number of ether oxygens (including phenoxy) is 2. The third-order valence-corrected chi connectivity index (χ3v) is 3.84. The largest absolute Gasteiger partial charge is 0.493 e. The molecule has 0 unspecified atom stereocenters. The van der Waals surface area contributed by atoms with Crippen LogP contribution in [0.4, 0.5) is 0 Å². The number of aryl methyl sites for hydroxylation is 1. The van der Waals surface area contributed by atoms with Crippen LogP contribution in [0.5, 0.6) is 5.75 Å². The molecule has 0 amide bonds. The number of methoxy groups -OCH3 is 1. The molecule has 1 rings (SSSR count). The van der Waals surface area contributed by atoms with Crippen molar-refractivity contribution in [2.24, 2.45) is 0 Å². The Hall–Kier alpha value is -2.12. The molecule has 0 fully saturated rings. The van der Waals surface area contributed by atoms with Gasteiger partial charge in [-0.15, -0.1) is 0 Å². The molecule has 0 atom stereocenters. The van der Waals surface area contributed by atoms with E-state index in [4.69, 9.17) is 29.3 Å². The molecule has 0 saturated heterocycles. The van der Waals surface area contributed by atoms with E-state index in [1.54, 1.807) is 7.11 Å². The van der Waals surface area contributed by atoms with Crippen LogP contribution in [0.25, 0.3) is 0 Å². The van der Waals surface area contributed by atoms with E-state index in [1.165, 1.54) is 11.1 Å². The average Bonchev–Trinajstić information content (AvgIpc) is 2.59. The number of carbonyl (C=O) groups is 2. The molecule has 28 heavy (non-hydrogen) atoms. The molecule has 0 aliphatic rings. The predicted octanol–water partition coefficient (Wildman–Crippen LogP) is 3.23. The van der Waals surface area contributed by atoms with Gasteiger partial charge in [0.15, 0.2) is 0 Å². The van der Waals surface area contributed by atoms with Crippen molar-refractivity contribution < 1.29 is 29.3 Å². The fourth-order valence-electron chi connectivity index (χ4n) is 2.37. The lowest BCUT2D eigenvalue weighted by Gasteiger charge is -2.23. The molecular weight excluding hydrogens is 362 g/mol. The SMILES string of the molecule is COCCCNCCCCOc1cc(C)ccc1C(C)(C)C.O=C(O)C(=O)O. The van der Waals surface area contributed by atoms with Crippen molar-refractivity contribution >= 4 is 11.9 Å². The first-order chi connectivity index (χ1) is 13.1. The zero-order chi connectivity index (χ0) is 21.6. The lowest BCUT2D eigenvalue weighted by molar-refractivity contribution is -0.159. The highest BCUT2D eigenvalue weighted by molar-refractivity contribution is 6.27. The molecule has 0 spiro atoms. The van der Waals surface area contributed by atoms with Crippen molar-refractivity contribution in [1.82, 2.24) is 5.32 Å². The number of benzene rings is 1. The zero-order valence-corrected chi connectivity index (χ0v) is 17.7. The van der Waals surface area contributed by atoms with Crippen LogP contribution in [0, 0.1) is 6.92 Å². The van der Waals surface area contributed by atoms with E-state index in [2.05, 4.69) is 51.2 Å². The highest BCUT2D eigenvalue weighted by Gasteiger charge is 2.18. The molecule has 0 aliphatic carbocycles. The summed E-state index contributed by atoms with van der Waals surface area (Å²) in [5, 5.41) is 18.2. The van der Waals surface area contributed by atoms with Crippen LogP contribution in [0.15, 0.2) is 18.2 Å². The topological polar surface area (TPSA) is 105 Å². The Balaban J connectivity index is 0.00000105. The standard InChI is InChI=1S/C19H33NO2.C2H2O4/c1-16-9-10-17(19(2,3)4)18(15-16)22-14-7-6-11-20-12-8-13-21-5;3-1(4)2(5)6/h9-10,15,20H,6-8,11-14H2,1-5H3;(H,3,4)(H,5,6). The summed E-state index contributed by atoms with van der Waals surface area (Å²) in [5.74, 6) is -2.61. The second-order valence-electron chi connectivity index (χ2n) is 7.51. The van der Waals surface area contributed by atoms with Gasteiger partial charge >= 0.3 is 11.9 Å². The monoisotopic (exact) mass is 397 g/mol. The first-order valence-electron chi connectivity index (χ1n) is 9.49. The number of carboxylic acid groups (broad SMARTS) is 2. The van der Waals surface area contributed by atoms with Gasteiger partial charge in [0.2, 0.25) is 0 Å². The summed E-state index contributed by atoms with van der Waals surface area (Å²) >= 11 is 0. The van der Waals surface area contributed by atoms with Gasteiger partial charge in [0, 0.05) is 13.7 Å². The summed E-state index contributed by atoms with van der Waals surface area (Å²) in [4.78, 5) is 18.2. The van der Waals surface area contributed by atoms with Crippen molar-refractivity contribution in [1.29, 1.82) is 0 Å². The minimum Gasteiger partial charge on any atom is -0.493 e. The Morgan fingerprint density at radius 1 is 1.00 bits per heavy atom. The summed E-state index contributed by atoms with van der Waals surface area (Å²) in [6.07, 6.45) is 3.30. The van der Waals surface area contributed by atoms with Crippen LogP contribution in [0.3, 0.4) is 0 Å². The van der Waals surface area contributed by atoms with Gasteiger partial charge in [-0.25, -0.2) is 9.59 Å². The minimum atomic E-state index is -1.82. The van der Waals surface area contributed by atoms with Crippen LogP contribution >= 0.6 is 0 Å². The van der Waals surface area contributed by atoms with Crippen molar-refractivity contribution in [3.63, 3.8) is 0 Å². The predicted molar refractivity (Wildman–Crippen MR) is 109 cm³/mol. The Labute approximate surface area is 168 Å². The molecular formula is C21H35NO6. The van der Waals surface area contributed by atoms with Gasteiger partial charge in [-0.2, -0.15) is 0 Å². The third-order valence-electron chi connectivity index (χ3n) is 3.84. The summed E-state index contributed by atoms with van der Waals surface area (Å²) in [6, 6.07) is 6.52. The number of hydrogen-bond acceptors (Lipinski definition) is 5. The number of nitrogens with one attached hydrogen (secondary N) is 1. The van der Waals surface area contributed by atoms with E-state index in [0.717, 1.165) is 51.3 Å². The maximum Gasteiger partial charge on any atom is 0.414 e. The second kappa shape index (κ2) is 14.0. The first-order valence-corrected chi connectivity index (χ1v) is 9.49. The maximum atomic E-state index is 9.10. The molecule has 1 aromatic rings. The van der Waals surface area contributed by atoms with Crippen molar-refractivity contribution in [2.45, 2.75) is 52.4 Å². The smallest absolute Gasteiger partial charge is 0.414 e. The van der Waals surface area contributed by atoms with Crippen LogP contribution in [-0.4, -0.2) is 55.6 Å². The number of aliphatic carboxylic acids is 2. The van der Waals surface area contributed by atoms with Crippen LogP contribution in [0.2, 0.25) is 0 Å². The molecule has 160 valence electrons. The zero-order valence-electron chi connectivity index (χ0n) is 17.7. The molecule has 3 N–H and O–H groups in total. The molecule has 1 aromatic carbocycles. The van der Waals surface area contributed by atoms with Crippen molar-refractivity contribution in [3.8, 4) is 5.75 Å². The van der Waals surface area contributed by atoms with Crippen molar-refractivity contribution in [2.75, 3.05) is 33.4 Å². The molecule has 0 radical (unpaired) electrons. The molecule has 0 bridgehead atoms. The van der Waals surface area contributed by atoms with Crippen LogP contribution in [-0.2, 0) is 19.7 Å². The maximum absolute atomic E-state index is 9.10. The molecule has 0 heterocycles. The van der Waals surface area contributed by atoms with Crippen molar-refractivity contribution in [3.05, 3.63) is 29.3 Å². The molecule has 7 heteroatoms. The normalized spacial score (nSPS) is 10.8. The van der Waals surface area contributed by atoms with Gasteiger partial charge in [-0.05, 0) is 61.9 Å². The fourth-order valence-corrected chi connectivity index (χ4v) is 2.37. The minimum absolute atomic E-state index is 0.117. The summed E-state index contributed by atoms with van der Waals surface area (Å²) in [6.45, 7) is 12.5. The van der Waals surface area contributed by atoms with Gasteiger partial charge < -0.3 is 25.0 Å². The van der Waals surface area contributed by atoms with Gasteiger partial charge in [0.05, 0.1) is 6.61 Å². The molecule has 0 aliphatic heterocycles. The summed E-state index contributed by atoms with van der Waals surface area (Å²) in [7, 11) is 1.74. The van der Waals surface area contributed by atoms with E-state index in [0.29, 0.717) is 0 Å². The van der Waals surface area contributed by atoms with E-state index in [9.17, 15) is 0 Å². The number of carboxylic acids is 2. The average molecular weight is 398 g/mol. The Kier molecular flexibility index (Phi) is 12.9. The van der Waals surface area contributed by atoms with E-state index >= 15 is 0 Å². The Morgan fingerprint density at radius 2 is 1.61 bits per heavy atom. The van der Waals surface area contributed by atoms with Gasteiger partial charge in [-0.1, -0.05) is 32.9 Å². The number of rotatable bonds is 10. The number of hydrogen-bond donors (Lipinski definition) is 3. The lowest BCUT2D eigenvalue weighted by Crippen LogP contribution is -2.18. The second-order valence-corrected chi connectivity index (χ2v) is 7.51. The summed E-state index contributed by atoms with van der Waals surface area (Å²) in [5.41, 5.74) is 2.66. The van der Waals surface area contributed by atoms with Gasteiger partial charge in [-0.3, -0.25) is 0 Å². The lowest BCUT2D eigenvalue weighted by atomic mass is 9.86. The fraction of sp³-hybridized carbons (Fsp3) is 0.619. The van der Waals surface area contributed by atoms with E-state index in [-0.39, 0.29) is 5.41 Å². The Morgan fingerprint density at radius 3 is 2.14 bits per heavy atom. The Bertz CT molecular complexity index is 583. The summed E-state index contributed by atoms with van der Waals surface area (Å²) < 4.78 is 11.1.